The van der Waals surface area contributed by atoms with Gasteiger partial charge in [-0.1, -0.05) is 30.1 Å². The lowest BCUT2D eigenvalue weighted by atomic mass is 10.1. The molecule has 2 atom stereocenters. The maximum Gasteiger partial charge on any atom is 0.256 e. The van der Waals surface area contributed by atoms with Crippen molar-refractivity contribution in [3.8, 4) is 0 Å². The first-order valence-electron chi connectivity index (χ1n) is 7.67. The monoisotopic (exact) mass is 393 g/mol. The Labute approximate surface area is 158 Å². The van der Waals surface area contributed by atoms with Crippen molar-refractivity contribution in [2.45, 2.75) is 25.8 Å². The van der Waals surface area contributed by atoms with Crippen LogP contribution in [-0.4, -0.2) is 42.4 Å². The predicted octanol–water partition coefficient (Wildman–Crippen LogP) is 2.73. The summed E-state index contributed by atoms with van der Waals surface area (Å²) in [7, 11) is 0. The number of likely N-dealkylation sites (tertiary alicyclic amines) is 1. The third kappa shape index (κ3) is 4.99. The van der Waals surface area contributed by atoms with Gasteiger partial charge in [-0.3, -0.25) is 9.59 Å². The molecule has 8 heteroatoms. The van der Waals surface area contributed by atoms with Crippen molar-refractivity contribution in [3.63, 3.8) is 0 Å². The minimum Gasteiger partial charge on any atom is -0.354 e. The van der Waals surface area contributed by atoms with E-state index in [1.165, 1.54) is 6.07 Å². The molecule has 1 aliphatic heterocycles. The molecule has 134 valence electrons. The zero-order chi connectivity index (χ0) is 17.0. The molecular weight excluding hydrogens is 373 g/mol. The summed E-state index contributed by atoms with van der Waals surface area (Å²) in [5.41, 5.74) is 5.88. The van der Waals surface area contributed by atoms with Crippen LogP contribution in [0.3, 0.4) is 0 Å². The van der Waals surface area contributed by atoms with Crippen LogP contribution in [0.4, 0.5) is 0 Å². The second-order valence-electron chi connectivity index (χ2n) is 5.87. The van der Waals surface area contributed by atoms with Crippen LogP contribution < -0.4 is 11.1 Å². The molecule has 24 heavy (non-hydrogen) atoms. The van der Waals surface area contributed by atoms with E-state index in [-0.39, 0.29) is 30.1 Å². The lowest BCUT2D eigenvalue weighted by Gasteiger charge is -2.25. The molecule has 1 fully saturated rings. The quantitative estimate of drug-likeness (QED) is 0.806. The van der Waals surface area contributed by atoms with Gasteiger partial charge in [0.05, 0.1) is 10.6 Å². The minimum atomic E-state index is -0.470. The van der Waals surface area contributed by atoms with Crippen LogP contribution in [0.1, 0.15) is 30.1 Å². The molecule has 0 aliphatic carbocycles. The highest BCUT2D eigenvalue weighted by molar-refractivity contribution is 6.35. The maximum atomic E-state index is 12.7. The first kappa shape index (κ1) is 21.0. The third-order valence-electron chi connectivity index (χ3n) is 4.00. The molecule has 0 bridgehead atoms. The lowest BCUT2D eigenvalue weighted by molar-refractivity contribution is -0.125. The molecule has 3 N–H and O–H groups in total. The zero-order valence-electron chi connectivity index (χ0n) is 13.4. The summed E-state index contributed by atoms with van der Waals surface area (Å²) >= 11 is 12.0. The van der Waals surface area contributed by atoms with E-state index in [4.69, 9.17) is 28.9 Å². The van der Waals surface area contributed by atoms with Crippen LogP contribution in [-0.2, 0) is 4.79 Å². The molecule has 0 spiro atoms. The highest BCUT2D eigenvalue weighted by Gasteiger charge is 2.35. The van der Waals surface area contributed by atoms with Crippen molar-refractivity contribution < 1.29 is 9.59 Å². The fourth-order valence-corrected chi connectivity index (χ4v) is 2.94. The second-order valence-corrected chi connectivity index (χ2v) is 6.71. The molecule has 2 amide bonds. The Hall–Kier alpha value is -1.01. The minimum absolute atomic E-state index is 0. The predicted molar refractivity (Wildman–Crippen MR) is 99.0 cm³/mol. The smallest absolute Gasteiger partial charge is 0.256 e. The normalized spacial score (nSPS) is 18.0. The van der Waals surface area contributed by atoms with Gasteiger partial charge in [-0.25, -0.2) is 0 Å². The average Bonchev–Trinajstić information content (AvgIpc) is 3.03. The fourth-order valence-electron chi connectivity index (χ4n) is 2.57. The fraction of sp³-hybridized carbons (Fsp3) is 0.500. The molecule has 5 nitrogen and oxygen atoms in total. The molecule has 0 saturated carbocycles. The van der Waals surface area contributed by atoms with E-state index >= 15 is 0 Å². The molecule has 0 radical (unpaired) electrons. The highest BCUT2D eigenvalue weighted by atomic mass is 35.5. The Bertz CT molecular complexity index is 598. The lowest BCUT2D eigenvalue weighted by Crippen LogP contribution is -2.47. The second kappa shape index (κ2) is 9.47. The van der Waals surface area contributed by atoms with Gasteiger partial charge in [-0.15, -0.1) is 12.4 Å². The summed E-state index contributed by atoms with van der Waals surface area (Å²) in [5.74, 6) is -0.205. The van der Waals surface area contributed by atoms with Crippen molar-refractivity contribution >= 4 is 47.4 Å². The number of rotatable bonds is 5. The molecule has 1 aromatic carbocycles. The van der Waals surface area contributed by atoms with Crippen molar-refractivity contribution in [1.29, 1.82) is 0 Å². The van der Waals surface area contributed by atoms with E-state index < -0.39 is 6.04 Å². The van der Waals surface area contributed by atoms with Crippen LogP contribution in [0, 0.1) is 5.92 Å². The van der Waals surface area contributed by atoms with Crippen LogP contribution in [0.25, 0.3) is 0 Å². The molecule has 1 aliphatic rings. The molecule has 1 saturated heterocycles. The summed E-state index contributed by atoms with van der Waals surface area (Å²) < 4.78 is 0. The third-order valence-corrected chi connectivity index (χ3v) is 4.57. The number of hydrogen-bond donors (Lipinski definition) is 2. The van der Waals surface area contributed by atoms with E-state index in [0.29, 0.717) is 41.7 Å². The van der Waals surface area contributed by atoms with Crippen LogP contribution in [0.5, 0.6) is 0 Å². The van der Waals surface area contributed by atoms with Gasteiger partial charge in [0.1, 0.15) is 6.04 Å². The Morgan fingerprint density at radius 1 is 1.42 bits per heavy atom. The summed E-state index contributed by atoms with van der Waals surface area (Å²) in [5, 5.41) is 3.64. The van der Waals surface area contributed by atoms with Crippen LogP contribution in [0.15, 0.2) is 18.2 Å². The van der Waals surface area contributed by atoms with E-state index in [1.807, 2.05) is 6.92 Å². The number of nitrogens with zero attached hydrogens (tertiary/aromatic N) is 1. The summed E-state index contributed by atoms with van der Waals surface area (Å²) in [4.78, 5) is 26.6. The Morgan fingerprint density at radius 2 is 2.12 bits per heavy atom. The zero-order valence-corrected chi connectivity index (χ0v) is 15.8. The van der Waals surface area contributed by atoms with Crippen molar-refractivity contribution in [2.75, 3.05) is 19.6 Å². The Balaban J connectivity index is 0.00000288. The van der Waals surface area contributed by atoms with E-state index in [2.05, 4.69) is 5.32 Å². The van der Waals surface area contributed by atoms with Crippen molar-refractivity contribution in [1.82, 2.24) is 10.2 Å². The van der Waals surface area contributed by atoms with Gasteiger partial charge in [0.2, 0.25) is 5.91 Å². The molecular formula is C16H22Cl3N3O2. The number of benzene rings is 1. The van der Waals surface area contributed by atoms with E-state index in [9.17, 15) is 9.59 Å². The summed E-state index contributed by atoms with van der Waals surface area (Å²) in [6.07, 6.45) is 1.43. The number of halogens is 3. The summed E-state index contributed by atoms with van der Waals surface area (Å²) in [6.45, 7) is 3.51. The first-order chi connectivity index (χ1) is 10.9. The summed E-state index contributed by atoms with van der Waals surface area (Å²) in [6, 6.07) is 4.28. The topological polar surface area (TPSA) is 75.4 Å². The number of carbonyl (C=O) groups is 2. The maximum absolute atomic E-state index is 12.7. The number of hydrogen-bond acceptors (Lipinski definition) is 3. The van der Waals surface area contributed by atoms with E-state index in [0.717, 1.165) is 6.42 Å². The Morgan fingerprint density at radius 3 is 2.79 bits per heavy atom. The van der Waals surface area contributed by atoms with Gasteiger partial charge < -0.3 is 16.0 Å². The molecule has 2 rings (SSSR count). The van der Waals surface area contributed by atoms with E-state index in [1.54, 1.807) is 17.0 Å². The average molecular weight is 395 g/mol. The number of nitrogens with one attached hydrogen (secondary N) is 1. The number of amides is 2. The molecule has 1 aromatic rings. The van der Waals surface area contributed by atoms with Gasteiger partial charge in [0.25, 0.3) is 5.91 Å². The van der Waals surface area contributed by atoms with Gasteiger partial charge in [0, 0.05) is 18.1 Å². The molecule has 1 heterocycles. The van der Waals surface area contributed by atoms with Crippen molar-refractivity contribution in [3.05, 3.63) is 33.8 Å². The SMILES string of the molecule is CC(CN)CNC(=O)C1CCCN1C(=O)c1cc(Cl)ccc1Cl.Cl. The van der Waals surface area contributed by atoms with Gasteiger partial charge in [-0.05, 0) is 43.5 Å². The number of nitrogens with two attached hydrogens (primary N) is 1. The number of carbonyl (C=O) groups excluding carboxylic acids is 2. The molecule has 0 aromatic heterocycles. The van der Waals surface area contributed by atoms with Crippen LogP contribution in [0.2, 0.25) is 10.0 Å². The van der Waals surface area contributed by atoms with Gasteiger partial charge in [0.15, 0.2) is 0 Å². The largest absolute Gasteiger partial charge is 0.354 e. The van der Waals surface area contributed by atoms with Gasteiger partial charge >= 0.3 is 0 Å². The molecule has 2 unspecified atom stereocenters. The standard InChI is InChI=1S/C16H21Cl2N3O2.ClH/c1-10(8-19)9-20-15(22)14-3-2-6-21(14)16(23)12-7-11(17)4-5-13(12)18;/h4-5,7,10,14H,2-3,6,8-9,19H2,1H3,(H,20,22);1H. The van der Waals surface area contributed by atoms with Crippen molar-refractivity contribution in [2.24, 2.45) is 11.7 Å². The highest BCUT2D eigenvalue weighted by Crippen LogP contribution is 2.26. The van der Waals surface area contributed by atoms with Gasteiger partial charge in [-0.2, -0.15) is 0 Å². The Kier molecular flexibility index (Phi) is 8.30. The van der Waals surface area contributed by atoms with Crippen LogP contribution >= 0.6 is 35.6 Å². The first-order valence-corrected chi connectivity index (χ1v) is 8.43.